The van der Waals surface area contributed by atoms with Gasteiger partial charge in [-0.3, -0.25) is 10.1 Å². The van der Waals surface area contributed by atoms with Crippen LogP contribution in [0, 0.1) is 10.1 Å². The summed E-state index contributed by atoms with van der Waals surface area (Å²) in [5.74, 6) is -0.129. The second kappa shape index (κ2) is 4.67. The van der Waals surface area contributed by atoms with Gasteiger partial charge < -0.3 is 0 Å². The fraction of sp³-hybridized carbons (Fsp3) is 0.286. The highest BCUT2D eigenvalue weighted by Gasteiger charge is 2.28. The molecule has 4 nitrogen and oxygen atoms in total. The van der Waals surface area contributed by atoms with Crippen LogP contribution in [0.4, 0.5) is 14.5 Å². The molecule has 0 unspecified atom stereocenters. The first-order chi connectivity index (χ1) is 6.99. The van der Waals surface area contributed by atoms with E-state index in [-0.39, 0.29) is 16.5 Å². The van der Waals surface area contributed by atoms with Gasteiger partial charge in [-0.05, 0) is 0 Å². The fourth-order valence-electron chi connectivity index (χ4n) is 0.956. The van der Waals surface area contributed by atoms with Crippen LogP contribution in [0.3, 0.4) is 0 Å². The summed E-state index contributed by atoms with van der Waals surface area (Å²) in [5, 5.41) is 10.1. The van der Waals surface area contributed by atoms with E-state index < -0.39 is 22.7 Å². The minimum atomic E-state index is -3.05. The summed E-state index contributed by atoms with van der Waals surface area (Å²) >= 11 is 11.0. The normalized spacial score (nSPS) is 10.7. The van der Waals surface area contributed by atoms with Crippen LogP contribution < -0.4 is 0 Å². The lowest BCUT2D eigenvalue weighted by Crippen LogP contribution is -2.02. The van der Waals surface area contributed by atoms with Crippen molar-refractivity contribution in [3.63, 3.8) is 0 Å². The standard InChI is InChI=1S/C7H4Cl2F2N2O2/c8-1-3-2-12-5(7(10)11)6(4(3)9)13(14)15/h2,7H,1H2. The number of pyridine rings is 1. The van der Waals surface area contributed by atoms with Crippen LogP contribution in [0.5, 0.6) is 0 Å². The molecule has 0 bridgehead atoms. The smallest absolute Gasteiger partial charge is 0.258 e. The van der Waals surface area contributed by atoms with Gasteiger partial charge in [0, 0.05) is 11.8 Å². The molecule has 15 heavy (non-hydrogen) atoms. The first-order valence-corrected chi connectivity index (χ1v) is 4.56. The highest BCUT2D eigenvalue weighted by molar-refractivity contribution is 6.34. The molecular formula is C7H4Cl2F2N2O2. The van der Waals surface area contributed by atoms with Crippen molar-refractivity contribution in [3.8, 4) is 0 Å². The van der Waals surface area contributed by atoms with E-state index in [1.54, 1.807) is 0 Å². The highest BCUT2D eigenvalue weighted by Crippen LogP contribution is 2.35. The van der Waals surface area contributed by atoms with Crippen LogP contribution in [-0.2, 0) is 5.88 Å². The summed E-state index contributed by atoms with van der Waals surface area (Å²) in [4.78, 5) is 12.8. The minimum absolute atomic E-state index is 0.129. The topological polar surface area (TPSA) is 56.0 Å². The molecule has 0 aliphatic carbocycles. The fourth-order valence-corrected chi connectivity index (χ4v) is 1.51. The van der Waals surface area contributed by atoms with Crippen LogP contribution in [0.1, 0.15) is 17.7 Å². The van der Waals surface area contributed by atoms with Crippen molar-refractivity contribution in [2.45, 2.75) is 12.3 Å². The Morgan fingerprint density at radius 1 is 1.60 bits per heavy atom. The molecule has 1 rings (SSSR count). The zero-order valence-corrected chi connectivity index (χ0v) is 8.60. The SMILES string of the molecule is O=[N+]([O-])c1c(C(F)F)ncc(CCl)c1Cl. The summed E-state index contributed by atoms with van der Waals surface area (Å²) in [6, 6.07) is 0. The van der Waals surface area contributed by atoms with Gasteiger partial charge in [0.1, 0.15) is 5.02 Å². The summed E-state index contributed by atoms with van der Waals surface area (Å²) < 4.78 is 24.7. The van der Waals surface area contributed by atoms with Crippen molar-refractivity contribution in [2.24, 2.45) is 0 Å². The lowest BCUT2D eigenvalue weighted by molar-refractivity contribution is -0.386. The molecule has 0 aliphatic heterocycles. The number of nitrogens with zero attached hydrogens (tertiary/aromatic N) is 2. The number of hydrogen-bond acceptors (Lipinski definition) is 3. The monoisotopic (exact) mass is 256 g/mol. The largest absolute Gasteiger partial charge is 0.315 e. The molecule has 0 atom stereocenters. The van der Waals surface area contributed by atoms with Crippen LogP contribution in [0.25, 0.3) is 0 Å². The van der Waals surface area contributed by atoms with E-state index in [9.17, 15) is 18.9 Å². The van der Waals surface area contributed by atoms with E-state index >= 15 is 0 Å². The van der Waals surface area contributed by atoms with Gasteiger partial charge in [0.05, 0.1) is 10.8 Å². The van der Waals surface area contributed by atoms with Gasteiger partial charge in [0.25, 0.3) is 6.43 Å². The zero-order chi connectivity index (χ0) is 11.6. The molecule has 0 saturated heterocycles. The highest BCUT2D eigenvalue weighted by atomic mass is 35.5. The third-order valence-corrected chi connectivity index (χ3v) is 2.33. The maximum absolute atomic E-state index is 12.3. The molecule has 0 fully saturated rings. The number of rotatable bonds is 3. The number of alkyl halides is 3. The summed E-state index contributed by atoms with van der Waals surface area (Å²) in [6.45, 7) is 0. The Balaban J connectivity index is 3.44. The maximum Gasteiger partial charge on any atom is 0.315 e. The van der Waals surface area contributed by atoms with Gasteiger partial charge in [0.15, 0.2) is 5.69 Å². The van der Waals surface area contributed by atoms with Gasteiger partial charge >= 0.3 is 5.69 Å². The van der Waals surface area contributed by atoms with Crippen LogP contribution >= 0.6 is 23.2 Å². The Kier molecular flexibility index (Phi) is 3.76. The molecule has 0 saturated carbocycles. The molecule has 0 radical (unpaired) electrons. The van der Waals surface area contributed by atoms with Gasteiger partial charge in [-0.1, -0.05) is 11.6 Å². The van der Waals surface area contributed by atoms with E-state index in [2.05, 4.69) is 4.98 Å². The maximum atomic E-state index is 12.3. The number of halogens is 4. The van der Waals surface area contributed by atoms with Crippen molar-refractivity contribution in [1.82, 2.24) is 4.98 Å². The average molecular weight is 257 g/mol. The summed E-state index contributed by atoms with van der Waals surface area (Å²) in [6.07, 6.45) is -2.05. The summed E-state index contributed by atoms with van der Waals surface area (Å²) in [5.41, 5.74) is -1.68. The average Bonchev–Trinajstić information content (AvgIpc) is 2.16. The second-order valence-electron chi connectivity index (χ2n) is 2.52. The molecule has 82 valence electrons. The lowest BCUT2D eigenvalue weighted by Gasteiger charge is -2.05. The Morgan fingerprint density at radius 3 is 2.60 bits per heavy atom. The predicted molar refractivity (Wildman–Crippen MR) is 50.4 cm³/mol. The first-order valence-electron chi connectivity index (χ1n) is 3.64. The third-order valence-electron chi connectivity index (χ3n) is 1.63. The number of aromatic nitrogens is 1. The van der Waals surface area contributed by atoms with Crippen molar-refractivity contribution in [1.29, 1.82) is 0 Å². The van der Waals surface area contributed by atoms with Crippen molar-refractivity contribution < 1.29 is 13.7 Å². The van der Waals surface area contributed by atoms with E-state index in [1.807, 2.05) is 0 Å². The zero-order valence-electron chi connectivity index (χ0n) is 7.08. The van der Waals surface area contributed by atoms with Crippen molar-refractivity contribution >= 4 is 28.9 Å². The molecule has 0 aliphatic rings. The number of nitro groups is 1. The van der Waals surface area contributed by atoms with E-state index in [0.29, 0.717) is 0 Å². The van der Waals surface area contributed by atoms with Crippen LogP contribution in [0.2, 0.25) is 5.02 Å². The molecule has 1 aromatic rings. The van der Waals surface area contributed by atoms with Gasteiger partial charge in [0.2, 0.25) is 0 Å². The van der Waals surface area contributed by atoms with Crippen molar-refractivity contribution in [2.75, 3.05) is 0 Å². The van der Waals surface area contributed by atoms with E-state index in [4.69, 9.17) is 23.2 Å². The van der Waals surface area contributed by atoms with Crippen molar-refractivity contribution in [3.05, 3.63) is 32.6 Å². The lowest BCUT2D eigenvalue weighted by atomic mass is 10.2. The molecule has 0 aromatic carbocycles. The predicted octanol–water partition coefficient (Wildman–Crippen LogP) is 3.32. The third kappa shape index (κ3) is 2.32. The quantitative estimate of drug-likeness (QED) is 0.474. The molecule has 8 heteroatoms. The summed E-state index contributed by atoms with van der Waals surface area (Å²) in [7, 11) is 0. The Bertz CT molecular complexity index is 401. The first kappa shape index (κ1) is 12.1. The van der Waals surface area contributed by atoms with Crippen LogP contribution in [-0.4, -0.2) is 9.91 Å². The van der Waals surface area contributed by atoms with E-state index in [1.165, 1.54) is 0 Å². The second-order valence-corrected chi connectivity index (χ2v) is 3.17. The molecule has 1 heterocycles. The minimum Gasteiger partial charge on any atom is -0.258 e. The molecule has 0 N–H and O–H groups in total. The Hall–Kier alpha value is -1.01. The molecule has 0 amide bonds. The molecular weight excluding hydrogens is 253 g/mol. The Labute approximate surface area is 93.0 Å². The van der Waals surface area contributed by atoms with E-state index in [0.717, 1.165) is 6.20 Å². The Morgan fingerprint density at radius 2 is 2.20 bits per heavy atom. The van der Waals surface area contributed by atoms with Crippen LogP contribution in [0.15, 0.2) is 6.20 Å². The van der Waals surface area contributed by atoms with Gasteiger partial charge in [-0.2, -0.15) is 0 Å². The van der Waals surface area contributed by atoms with Gasteiger partial charge in [-0.15, -0.1) is 11.6 Å². The number of hydrogen-bond donors (Lipinski definition) is 0. The molecule has 0 spiro atoms. The molecule has 1 aromatic heterocycles. The van der Waals surface area contributed by atoms with Gasteiger partial charge in [-0.25, -0.2) is 13.8 Å².